The predicted molar refractivity (Wildman–Crippen MR) is 117 cm³/mol. The minimum Gasteiger partial charge on any atom is -0.478 e. The van der Waals surface area contributed by atoms with Crippen molar-refractivity contribution in [2.45, 2.75) is 19.9 Å². The van der Waals surface area contributed by atoms with E-state index in [4.69, 9.17) is 0 Å². The van der Waals surface area contributed by atoms with Crippen molar-refractivity contribution >= 4 is 97.2 Å². The molecule has 0 heterocycles. The third-order valence-electron chi connectivity index (χ3n) is 3.05. The van der Waals surface area contributed by atoms with E-state index in [0.717, 1.165) is 0 Å². The van der Waals surface area contributed by atoms with Crippen molar-refractivity contribution < 1.29 is 24.3 Å². The van der Waals surface area contributed by atoms with Crippen LogP contribution in [-0.2, 0) is 9.59 Å². The number of carboxylic acids is 1. The molecule has 136 valence electrons. The molecule has 1 aromatic carbocycles. The van der Waals surface area contributed by atoms with Crippen molar-refractivity contribution in [3.05, 3.63) is 21.8 Å². The largest absolute Gasteiger partial charge is 0.478 e. The summed E-state index contributed by atoms with van der Waals surface area (Å²) in [6.07, 6.45) is 0. The van der Waals surface area contributed by atoms with Crippen LogP contribution in [0.25, 0.3) is 0 Å². The number of aromatic carboxylic acids is 1. The van der Waals surface area contributed by atoms with Gasteiger partial charge < -0.3 is 21.1 Å². The van der Waals surface area contributed by atoms with Gasteiger partial charge in [0.2, 0.25) is 11.8 Å². The second-order valence-electron chi connectivity index (χ2n) is 4.86. The van der Waals surface area contributed by atoms with Crippen molar-refractivity contribution in [3.63, 3.8) is 0 Å². The summed E-state index contributed by atoms with van der Waals surface area (Å²) in [5, 5.41) is 17.0. The summed E-state index contributed by atoms with van der Waals surface area (Å²) in [5.41, 5.74) is 0.269. The average molecular weight is 685 g/mol. The van der Waals surface area contributed by atoms with Gasteiger partial charge in [-0.05, 0) is 74.7 Å². The number of benzene rings is 1. The van der Waals surface area contributed by atoms with Crippen LogP contribution in [-0.4, -0.2) is 41.9 Å². The summed E-state index contributed by atoms with van der Waals surface area (Å²) in [7, 11) is 1.45. The van der Waals surface area contributed by atoms with E-state index in [2.05, 4.69) is 16.0 Å². The van der Waals surface area contributed by atoms with Gasteiger partial charge in [0.25, 0.3) is 5.91 Å². The molecule has 3 amide bonds. The zero-order valence-electron chi connectivity index (χ0n) is 13.3. The molecule has 1 atom stereocenters. The molecule has 8 nitrogen and oxygen atoms in total. The number of hydrogen-bond donors (Lipinski definition) is 4. The zero-order valence-corrected chi connectivity index (χ0v) is 19.8. The molecule has 0 saturated carbocycles. The number of hydrogen-bond acceptors (Lipinski definition) is 4. The first-order valence-corrected chi connectivity index (χ1v) is 10.00. The maximum atomic E-state index is 12.6. The number of amides is 3. The molecule has 0 saturated heterocycles. The lowest BCUT2D eigenvalue weighted by molar-refractivity contribution is -0.122. The quantitative estimate of drug-likeness (QED) is 0.354. The first kappa shape index (κ1) is 22.3. The van der Waals surface area contributed by atoms with Crippen LogP contribution in [0.15, 0.2) is 0 Å². The Labute approximate surface area is 184 Å². The van der Waals surface area contributed by atoms with Crippen LogP contribution in [0.2, 0.25) is 0 Å². The topological polar surface area (TPSA) is 125 Å². The Morgan fingerprint density at radius 3 is 1.96 bits per heavy atom. The molecule has 4 N–H and O–H groups in total. The Morgan fingerprint density at radius 1 is 1.00 bits per heavy atom. The van der Waals surface area contributed by atoms with Crippen molar-refractivity contribution in [3.8, 4) is 0 Å². The molecule has 0 radical (unpaired) electrons. The van der Waals surface area contributed by atoms with Gasteiger partial charge in [0.05, 0.1) is 24.0 Å². The van der Waals surface area contributed by atoms with Crippen LogP contribution >= 0.6 is 67.8 Å². The molecule has 0 aliphatic heterocycles. The summed E-state index contributed by atoms with van der Waals surface area (Å²) in [6.45, 7) is 2.80. The van der Waals surface area contributed by atoms with Gasteiger partial charge in [-0.2, -0.15) is 0 Å². The van der Waals surface area contributed by atoms with Crippen LogP contribution in [0.3, 0.4) is 0 Å². The second-order valence-corrected chi connectivity index (χ2v) is 8.10. The first-order valence-electron chi connectivity index (χ1n) is 6.76. The standard InChI is InChI=1S/C14H14I3N3O5/c1-4(12(22)18-3)19-13(23)6-8(15)7(14(24)25)10(17)11(9(6)16)20-5(2)21/h4H,1-3H3,(H,18,22)(H,19,23)(H,20,21)(H,24,25)/t4-/m0/s1. The van der Waals surface area contributed by atoms with Gasteiger partial charge in [-0.25, -0.2) is 4.79 Å². The van der Waals surface area contributed by atoms with E-state index in [9.17, 15) is 24.3 Å². The maximum absolute atomic E-state index is 12.6. The van der Waals surface area contributed by atoms with Gasteiger partial charge in [0.1, 0.15) is 6.04 Å². The minimum atomic E-state index is -1.22. The van der Waals surface area contributed by atoms with E-state index in [0.29, 0.717) is 7.14 Å². The van der Waals surface area contributed by atoms with Crippen LogP contribution in [0, 0.1) is 10.7 Å². The third-order valence-corrected chi connectivity index (χ3v) is 6.28. The highest BCUT2D eigenvalue weighted by molar-refractivity contribution is 14.1. The fourth-order valence-electron chi connectivity index (χ4n) is 1.89. The van der Waals surface area contributed by atoms with Gasteiger partial charge in [-0.1, -0.05) is 0 Å². The van der Waals surface area contributed by atoms with Crippen LogP contribution < -0.4 is 16.0 Å². The fourth-order valence-corrected chi connectivity index (χ4v) is 6.28. The van der Waals surface area contributed by atoms with E-state index >= 15 is 0 Å². The number of carbonyl (C=O) groups excluding carboxylic acids is 3. The number of carboxylic acid groups (broad SMARTS) is 1. The smallest absolute Gasteiger partial charge is 0.337 e. The highest BCUT2D eigenvalue weighted by Crippen LogP contribution is 2.35. The Bertz CT molecular complexity index is 767. The van der Waals surface area contributed by atoms with Crippen LogP contribution in [0.1, 0.15) is 34.6 Å². The molecule has 0 fully saturated rings. The summed E-state index contributed by atoms with van der Waals surface area (Å²) >= 11 is 5.48. The lowest BCUT2D eigenvalue weighted by Gasteiger charge is -2.19. The lowest BCUT2D eigenvalue weighted by atomic mass is 10.1. The average Bonchev–Trinajstić information content (AvgIpc) is 2.49. The number of rotatable bonds is 5. The third kappa shape index (κ3) is 5.15. The van der Waals surface area contributed by atoms with Gasteiger partial charge in [0.15, 0.2) is 0 Å². The van der Waals surface area contributed by atoms with Crippen molar-refractivity contribution in [1.29, 1.82) is 0 Å². The van der Waals surface area contributed by atoms with Crippen molar-refractivity contribution in [2.75, 3.05) is 12.4 Å². The van der Waals surface area contributed by atoms with Gasteiger partial charge in [-0.3, -0.25) is 14.4 Å². The molecule has 0 aliphatic rings. The Hall–Kier alpha value is -0.710. The SMILES string of the molecule is CNC(=O)[C@H](C)NC(=O)c1c(I)c(NC(C)=O)c(I)c(C(=O)O)c1I. The predicted octanol–water partition coefficient (Wildman–Crippen LogP) is 2.02. The van der Waals surface area contributed by atoms with E-state index < -0.39 is 23.8 Å². The highest BCUT2D eigenvalue weighted by Gasteiger charge is 2.29. The molecule has 0 unspecified atom stereocenters. The minimum absolute atomic E-state index is 0.0805. The number of carbonyl (C=O) groups is 4. The molecule has 0 spiro atoms. The normalized spacial score (nSPS) is 11.4. The molecule has 0 aliphatic carbocycles. The van der Waals surface area contributed by atoms with Crippen LogP contribution in [0.5, 0.6) is 0 Å². The van der Waals surface area contributed by atoms with E-state index in [1.165, 1.54) is 20.9 Å². The Balaban J connectivity index is 3.55. The number of nitrogens with one attached hydrogen (secondary N) is 3. The number of halogens is 3. The summed E-state index contributed by atoms with van der Waals surface area (Å²) < 4.78 is 0.952. The van der Waals surface area contributed by atoms with Gasteiger partial charge in [-0.15, -0.1) is 0 Å². The van der Waals surface area contributed by atoms with E-state index in [-0.39, 0.29) is 26.3 Å². The Morgan fingerprint density at radius 2 is 1.52 bits per heavy atom. The number of likely N-dealkylation sites (N-methyl/N-ethyl adjacent to an activating group) is 1. The van der Waals surface area contributed by atoms with Crippen LogP contribution in [0.4, 0.5) is 5.69 Å². The molecule has 11 heteroatoms. The summed E-state index contributed by atoms with van der Waals surface area (Å²) in [4.78, 5) is 47.3. The molecule has 0 aromatic heterocycles. The molecule has 25 heavy (non-hydrogen) atoms. The highest BCUT2D eigenvalue weighted by atomic mass is 127. The zero-order chi connectivity index (χ0) is 19.5. The van der Waals surface area contributed by atoms with E-state index in [1.807, 2.05) is 45.2 Å². The molecule has 0 bridgehead atoms. The molecular formula is C14H14I3N3O5. The van der Waals surface area contributed by atoms with Crippen molar-refractivity contribution in [2.24, 2.45) is 0 Å². The monoisotopic (exact) mass is 685 g/mol. The van der Waals surface area contributed by atoms with Crippen molar-refractivity contribution in [1.82, 2.24) is 10.6 Å². The second kappa shape index (κ2) is 9.29. The number of anilines is 1. The molecule has 1 aromatic rings. The lowest BCUT2D eigenvalue weighted by Crippen LogP contribution is -2.44. The first-order chi connectivity index (χ1) is 11.5. The maximum Gasteiger partial charge on any atom is 0.337 e. The molecular weight excluding hydrogens is 671 g/mol. The molecule has 1 rings (SSSR count). The summed E-state index contributed by atoms with van der Waals surface area (Å²) in [6, 6.07) is -0.805. The fraction of sp³-hybridized carbons (Fsp3) is 0.286. The van der Waals surface area contributed by atoms with E-state index in [1.54, 1.807) is 22.6 Å². The van der Waals surface area contributed by atoms with Gasteiger partial charge >= 0.3 is 5.97 Å². The van der Waals surface area contributed by atoms with Gasteiger partial charge in [0, 0.05) is 17.5 Å². The Kier molecular flexibility index (Phi) is 8.30. The summed E-state index contributed by atoms with van der Waals surface area (Å²) in [5.74, 6) is -2.59.